The summed E-state index contributed by atoms with van der Waals surface area (Å²) >= 11 is 1.59. The van der Waals surface area contributed by atoms with Gasteiger partial charge in [0, 0.05) is 24.2 Å². The number of hydrogen-bond donors (Lipinski definition) is 1. The van der Waals surface area contributed by atoms with Gasteiger partial charge < -0.3 is 5.11 Å². The largest absolute Gasteiger partial charge is 0.507 e. The molecular weight excluding hydrogens is 258 g/mol. The van der Waals surface area contributed by atoms with Crippen LogP contribution in [0.2, 0.25) is 0 Å². The molecule has 1 aromatic carbocycles. The highest BCUT2D eigenvalue weighted by Crippen LogP contribution is 2.32. The predicted molar refractivity (Wildman–Crippen MR) is 75.5 cm³/mol. The first-order valence-corrected chi connectivity index (χ1v) is 6.64. The highest BCUT2D eigenvalue weighted by Gasteiger charge is 2.11. The van der Waals surface area contributed by atoms with Crippen molar-refractivity contribution in [3.8, 4) is 17.0 Å². The van der Waals surface area contributed by atoms with Crippen molar-refractivity contribution in [1.29, 1.82) is 0 Å². The van der Waals surface area contributed by atoms with E-state index in [0.717, 1.165) is 26.4 Å². The zero-order valence-corrected chi connectivity index (χ0v) is 10.6. The molecule has 0 saturated carbocycles. The van der Waals surface area contributed by atoms with Gasteiger partial charge in [0.25, 0.3) is 0 Å². The Hall–Kier alpha value is -2.40. The number of aromatic nitrogens is 3. The summed E-state index contributed by atoms with van der Waals surface area (Å²) in [7, 11) is 0. The summed E-state index contributed by atoms with van der Waals surface area (Å²) < 4.78 is 3.14. The average molecular weight is 267 g/mol. The van der Waals surface area contributed by atoms with Crippen molar-refractivity contribution < 1.29 is 5.11 Å². The van der Waals surface area contributed by atoms with Crippen LogP contribution in [0.5, 0.6) is 5.75 Å². The van der Waals surface area contributed by atoms with Crippen LogP contribution < -0.4 is 0 Å². The van der Waals surface area contributed by atoms with Crippen LogP contribution in [0.15, 0.2) is 48.9 Å². The Morgan fingerprint density at radius 1 is 1.16 bits per heavy atom. The summed E-state index contributed by atoms with van der Waals surface area (Å²) in [6, 6.07) is 9.20. The first-order chi connectivity index (χ1) is 9.33. The van der Waals surface area contributed by atoms with E-state index in [9.17, 15) is 5.11 Å². The van der Waals surface area contributed by atoms with Crippen molar-refractivity contribution >= 4 is 26.5 Å². The average Bonchev–Trinajstić information content (AvgIpc) is 2.96. The molecule has 0 aliphatic heterocycles. The number of imidazole rings is 1. The fraction of sp³-hybridized carbons (Fsp3) is 0. The Balaban J connectivity index is 2.00. The summed E-state index contributed by atoms with van der Waals surface area (Å²) in [6.45, 7) is 0. The lowest BCUT2D eigenvalue weighted by Crippen LogP contribution is -1.79. The number of pyridine rings is 1. The van der Waals surface area contributed by atoms with E-state index < -0.39 is 0 Å². The maximum atomic E-state index is 9.88. The molecule has 3 aromatic heterocycles. The lowest BCUT2D eigenvalue weighted by atomic mass is 10.1. The van der Waals surface area contributed by atoms with Crippen LogP contribution >= 0.6 is 11.3 Å². The number of rotatable bonds is 1. The van der Waals surface area contributed by atoms with Crippen LogP contribution in [0.3, 0.4) is 0 Å². The molecule has 0 bridgehead atoms. The van der Waals surface area contributed by atoms with Gasteiger partial charge in [-0.25, -0.2) is 4.98 Å². The minimum absolute atomic E-state index is 0.249. The molecule has 4 nitrogen and oxygen atoms in total. The summed E-state index contributed by atoms with van der Waals surface area (Å²) in [4.78, 5) is 9.59. The molecule has 0 radical (unpaired) electrons. The Morgan fingerprint density at radius 2 is 2.05 bits per heavy atom. The van der Waals surface area contributed by atoms with Gasteiger partial charge >= 0.3 is 0 Å². The monoisotopic (exact) mass is 267 g/mol. The maximum absolute atomic E-state index is 9.88. The predicted octanol–water partition coefficient (Wildman–Crippen LogP) is 3.32. The molecule has 0 spiro atoms. The molecule has 3 heterocycles. The van der Waals surface area contributed by atoms with Crippen molar-refractivity contribution in [3.05, 3.63) is 48.9 Å². The van der Waals surface area contributed by atoms with E-state index in [1.807, 2.05) is 35.0 Å². The second-order valence-electron chi connectivity index (χ2n) is 4.24. The fourth-order valence-electron chi connectivity index (χ4n) is 2.18. The fourth-order valence-corrected chi connectivity index (χ4v) is 3.15. The number of nitrogens with zero attached hydrogens (tertiary/aromatic N) is 3. The third-order valence-electron chi connectivity index (χ3n) is 3.08. The third-order valence-corrected chi connectivity index (χ3v) is 4.08. The summed E-state index contributed by atoms with van der Waals surface area (Å²) in [6.07, 6.45) is 5.56. The van der Waals surface area contributed by atoms with E-state index in [4.69, 9.17) is 0 Å². The molecule has 0 aliphatic rings. The van der Waals surface area contributed by atoms with Crippen molar-refractivity contribution in [1.82, 2.24) is 14.4 Å². The van der Waals surface area contributed by atoms with Gasteiger partial charge in [-0.15, -0.1) is 0 Å². The number of fused-ring (bicyclic) bond motifs is 3. The minimum atomic E-state index is 0.249. The number of aromatic hydroxyl groups is 1. The maximum Gasteiger partial charge on any atom is 0.195 e. The van der Waals surface area contributed by atoms with Gasteiger partial charge in [-0.3, -0.25) is 9.38 Å². The van der Waals surface area contributed by atoms with Gasteiger partial charge in [0.1, 0.15) is 5.75 Å². The van der Waals surface area contributed by atoms with Crippen LogP contribution in [0.1, 0.15) is 0 Å². The van der Waals surface area contributed by atoms with Gasteiger partial charge in [0.05, 0.1) is 15.9 Å². The molecule has 4 rings (SSSR count). The standard InChI is InChI=1S/C14H9N3OS/c18-12-4-2-1-3-9(12)10-8-17-11-5-6-15-7-13(11)19-14(17)16-10/h1-8,18H. The lowest BCUT2D eigenvalue weighted by molar-refractivity contribution is 0.477. The zero-order chi connectivity index (χ0) is 12.8. The van der Waals surface area contributed by atoms with Crippen LogP contribution in [0.4, 0.5) is 0 Å². The molecule has 1 N–H and O–H groups in total. The highest BCUT2D eigenvalue weighted by atomic mass is 32.1. The molecule has 5 heteroatoms. The molecule has 0 aliphatic carbocycles. The topological polar surface area (TPSA) is 50.4 Å². The number of hydrogen-bond acceptors (Lipinski definition) is 4. The molecule has 0 saturated heterocycles. The van der Waals surface area contributed by atoms with E-state index in [1.165, 1.54) is 0 Å². The van der Waals surface area contributed by atoms with Crippen LogP contribution in [0, 0.1) is 0 Å². The van der Waals surface area contributed by atoms with Crippen molar-refractivity contribution in [2.75, 3.05) is 0 Å². The first-order valence-electron chi connectivity index (χ1n) is 5.83. The van der Waals surface area contributed by atoms with Crippen molar-refractivity contribution in [2.45, 2.75) is 0 Å². The van der Waals surface area contributed by atoms with Crippen molar-refractivity contribution in [2.24, 2.45) is 0 Å². The number of phenols is 1. The van der Waals surface area contributed by atoms with E-state index in [0.29, 0.717) is 0 Å². The Morgan fingerprint density at radius 3 is 2.95 bits per heavy atom. The molecule has 92 valence electrons. The Bertz CT molecular complexity index is 894. The molecular formula is C14H9N3OS. The quantitative estimate of drug-likeness (QED) is 0.575. The summed E-state index contributed by atoms with van der Waals surface area (Å²) in [5, 5.41) is 9.88. The van der Waals surface area contributed by atoms with Gasteiger partial charge in [-0.2, -0.15) is 0 Å². The zero-order valence-electron chi connectivity index (χ0n) is 9.82. The van der Waals surface area contributed by atoms with Crippen LogP contribution in [0.25, 0.3) is 26.4 Å². The summed E-state index contributed by atoms with van der Waals surface area (Å²) in [5.41, 5.74) is 2.62. The second kappa shape index (κ2) is 3.80. The van der Waals surface area contributed by atoms with E-state index in [1.54, 1.807) is 29.7 Å². The summed E-state index contributed by atoms with van der Waals surface area (Å²) in [5.74, 6) is 0.249. The normalized spacial score (nSPS) is 11.4. The van der Waals surface area contributed by atoms with Gasteiger partial charge in [-0.05, 0) is 18.2 Å². The number of benzene rings is 1. The number of thiazole rings is 1. The molecule has 0 atom stereocenters. The Kier molecular flexibility index (Phi) is 2.10. The van der Waals surface area contributed by atoms with E-state index >= 15 is 0 Å². The Labute approximate surface area is 112 Å². The molecule has 0 unspecified atom stereocenters. The highest BCUT2D eigenvalue weighted by molar-refractivity contribution is 7.23. The number of phenolic OH excluding ortho intramolecular Hbond substituents is 1. The molecule has 0 amide bonds. The molecule has 19 heavy (non-hydrogen) atoms. The lowest BCUT2D eigenvalue weighted by Gasteiger charge is -1.98. The SMILES string of the molecule is Oc1ccccc1-c1cn2c(n1)sc1cnccc12. The first kappa shape index (κ1) is 10.5. The third kappa shape index (κ3) is 1.52. The van der Waals surface area contributed by atoms with Gasteiger partial charge in [-0.1, -0.05) is 23.5 Å². The van der Waals surface area contributed by atoms with Crippen molar-refractivity contribution in [3.63, 3.8) is 0 Å². The molecule has 4 aromatic rings. The van der Waals surface area contributed by atoms with E-state index in [2.05, 4.69) is 9.97 Å². The molecule has 0 fully saturated rings. The smallest absolute Gasteiger partial charge is 0.195 e. The van der Waals surface area contributed by atoms with Crippen LogP contribution in [-0.4, -0.2) is 19.5 Å². The van der Waals surface area contributed by atoms with Crippen LogP contribution in [-0.2, 0) is 0 Å². The second-order valence-corrected chi connectivity index (χ2v) is 5.25. The van der Waals surface area contributed by atoms with Gasteiger partial charge in [0.2, 0.25) is 0 Å². The minimum Gasteiger partial charge on any atom is -0.507 e. The number of para-hydroxylation sites is 1. The van der Waals surface area contributed by atoms with Gasteiger partial charge in [0.15, 0.2) is 4.96 Å². The van der Waals surface area contributed by atoms with E-state index in [-0.39, 0.29) is 5.75 Å².